The third-order valence-corrected chi connectivity index (χ3v) is 2.98. The van der Waals surface area contributed by atoms with Crippen molar-refractivity contribution in [2.75, 3.05) is 6.61 Å². The Morgan fingerprint density at radius 3 is 2.92 bits per heavy atom. The van der Waals surface area contributed by atoms with Gasteiger partial charge in [0.2, 0.25) is 5.78 Å². The van der Waals surface area contributed by atoms with Gasteiger partial charge in [0.25, 0.3) is 0 Å². The molecule has 0 aliphatic carbocycles. The normalized spacial score (nSPS) is 12.8. The first kappa shape index (κ1) is 10.7. The van der Waals surface area contributed by atoms with Crippen LogP contribution in [0.15, 0.2) is 11.4 Å². The molecular formula is C9H11ClO2S. The first-order valence-corrected chi connectivity index (χ1v) is 5.31. The van der Waals surface area contributed by atoms with Crippen molar-refractivity contribution in [2.45, 2.75) is 20.0 Å². The summed E-state index contributed by atoms with van der Waals surface area (Å²) in [5, 5.41) is 2.32. The Morgan fingerprint density at radius 1 is 1.77 bits per heavy atom. The van der Waals surface area contributed by atoms with Crippen LogP contribution in [0.25, 0.3) is 0 Å². The second-order valence-electron chi connectivity index (χ2n) is 2.56. The lowest BCUT2D eigenvalue weighted by atomic mass is 10.2. The molecule has 0 bridgehead atoms. The van der Waals surface area contributed by atoms with Crippen molar-refractivity contribution in [3.63, 3.8) is 0 Å². The maximum Gasteiger partial charge on any atom is 0.202 e. The molecule has 2 nitrogen and oxygen atoms in total. The van der Waals surface area contributed by atoms with Crippen molar-refractivity contribution in [1.29, 1.82) is 0 Å². The molecule has 1 heterocycles. The van der Waals surface area contributed by atoms with Crippen molar-refractivity contribution in [3.05, 3.63) is 21.3 Å². The van der Waals surface area contributed by atoms with E-state index in [-0.39, 0.29) is 5.78 Å². The first-order chi connectivity index (χ1) is 6.16. The molecule has 0 saturated carbocycles. The minimum Gasteiger partial charge on any atom is -0.371 e. The predicted octanol–water partition coefficient (Wildman–Crippen LogP) is 3.01. The Hall–Kier alpha value is -0.380. The molecule has 0 N–H and O–H groups in total. The molecule has 1 aromatic rings. The number of halogens is 1. The van der Waals surface area contributed by atoms with Gasteiger partial charge in [-0.25, -0.2) is 0 Å². The van der Waals surface area contributed by atoms with Gasteiger partial charge in [0.05, 0.1) is 9.90 Å². The number of ketones is 1. The monoisotopic (exact) mass is 218 g/mol. The largest absolute Gasteiger partial charge is 0.371 e. The standard InChI is InChI=1S/C9H11ClO2S/c1-3-12-6(2)8(11)9-7(10)4-5-13-9/h4-6H,3H2,1-2H3. The highest BCUT2D eigenvalue weighted by Crippen LogP contribution is 2.23. The molecule has 1 unspecified atom stereocenters. The van der Waals surface area contributed by atoms with Crippen LogP contribution in [0.1, 0.15) is 23.5 Å². The molecule has 0 aliphatic rings. The Balaban J connectivity index is 2.73. The van der Waals surface area contributed by atoms with E-state index < -0.39 is 6.10 Å². The average Bonchev–Trinajstić information content (AvgIpc) is 2.50. The third-order valence-electron chi connectivity index (χ3n) is 1.63. The SMILES string of the molecule is CCOC(C)C(=O)c1sccc1Cl. The summed E-state index contributed by atoms with van der Waals surface area (Å²) in [5.41, 5.74) is 0. The second-order valence-corrected chi connectivity index (χ2v) is 3.88. The maximum absolute atomic E-state index is 11.6. The van der Waals surface area contributed by atoms with Gasteiger partial charge in [-0.05, 0) is 25.3 Å². The minimum absolute atomic E-state index is 0.0400. The summed E-state index contributed by atoms with van der Waals surface area (Å²) in [6, 6.07) is 1.72. The highest BCUT2D eigenvalue weighted by Gasteiger charge is 2.18. The summed E-state index contributed by atoms with van der Waals surface area (Å²) >= 11 is 7.16. The van der Waals surface area contributed by atoms with Gasteiger partial charge in [0, 0.05) is 6.61 Å². The van der Waals surface area contributed by atoms with E-state index in [9.17, 15) is 4.79 Å². The molecule has 13 heavy (non-hydrogen) atoms. The van der Waals surface area contributed by atoms with Crippen LogP contribution >= 0.6 is 22.9 Å². The summed E-state index contributed by atoms with van der Waals surface area (Å²) in [5.74, 6) is -0.0400. The fraction of sp³-hybridized carbons (Fsp3) is 0.444. The van der Waals surface area contributed by atoms with Crippen molar-refractivity contribution >= 4 is 28.7 Å². The van der Waals surface area contributed by atoms with Crippen molar-refractivity contribution in [2.24, 2.45) is 0 Å². The molecule has 1 rings (SSSR count). The van der Waals surface area contributed by atoms with Crippen LogP contribution in [0.3, 0.4) is 0 Å². The highest BCUT2D eigenvalue weighted by atomic mass is 35.5. The summed E-state index contributed by atoms with van der Waals surface area (Å²) < 4.78 is 5.18. The van der Waals surface area contributed by atoms with E-state index in [0.29, 0.717) is 16.5 Å². The van der Waals surface area contributed by atoms with E-state index in [0.717, 1.165) is 0 Å². The lowest BCUT2D eigenvalue weighted by Crippen LogP contribution is -2.20. The number of hydrogen-bond acceptors (Lipinski definition) is 3. The molecule has 0 spiro atoms. The summed E-state index contributed by atoms with van der Waals surface area (Å²) in [4.78, 5) is 12.2. The van der Waals surface area contributed by atoms with E-state index in [1.807, 2.05) is 6.92 Å². The number of carbonyl (C=O) groups is 1. The number of rotatable bonds is 4. The molecule has 0 aliphatic heterocycles. The van der Waals surface area contributed by atoms with Crippen molar-refractivity contribution in [3.8, 4) is 0 Å². The first-order valence-electron chi connectivity index (χ1n) is 4.05. The van der Waals surface area contributed by atoms with Crippen LogP contribution in [-0.4, -0.2) is 18.5 Å². The molecule has 0 fully saturated rings. The Bertz CT molecular complexity index is 296. The maximum atomic E-state index is 11.6. The second kappa shape index (κ2) is 4.74. The lowest BCUT2D eigenvalue weighted by Gasteiger charge is -2.08. The van der Waals surface area contributed by atoms with E-state index in [2.05, 4.69) is 0 Å². The van der Waals surface area contributed by atoms with Gasteiger partial charge < -0.3 is 4.74 Å². The Labute approximate surface area is 86.5 Å². The molecule has 0 saturated heterocycles. The van der Waals surface area contributed by atoms with Gasteiger partial charge in [-0.15, -0.1) is 11.3 Å². The molecule has 72 valence electrons. The number of hydrogen-bond donors (Lipinski definition) is 0. The van der Waals surface area contributed by atoms with Gasteiger partial charge in [-0.3, -0.25) is 4.79 Å². The van der Waals surface area contributed by atoms with Crippen LogP contribution in [0.4, 0.5) is 0 Å². The van der Waals surface area contributed by atoms with E-state index in [4.69, 9.17) is 16.3 Å². The van der Waals surface area contributed by atoms with Gasteiger partial charge in [-0.2, -0.15) is 0 Å². The van der Waals surface area contributed by atoms with Gasteiger partial charge in [0.1, 0.15) is 6.10 Å². The summed E-state index contributed by atoms with van der Waals surface area (Å²) in [7, 11) is 0. The molecule has 1 atom stereocenters. The van der Waals surface area contributed by atoms with Crippen LogP contribution in [0, 0.1) is 0 Å². The zero-order valence-corrected chi connectivity index (χ0v) is 9.11. The number of thiophene rings is 1. The molecule has 0 amide bonds. The fourth-order valence-corrected chi connectivity index (χ4v) is 2.15. The van der Waals surface area contributed by atoms with Gasteiger partial charge in [-0.1, -0.05) is 11.6 Å². The molecule has 1 aromatic heterocycles. The summed E-state index contributed by atoms with van der Waals surface area (Å²) in [6.45, 7) is 4.14. The zero-order valence-electron chi connectivity index (χ0n) is 7.54. The smallest absolute Gasteiger partial charge is 0.202 e. The molecule has 0 radical (unpaired) electrons. The fourth-order valence-electron chi connectivity index (χ4n) is 0.980. The van der Waals surface area contributed by atoms with Crippen LogP contribution in [0.2, 0.25) is 5.02 Å². The zero-order chi connectivity index (χ0) is 9.84. The minimum atomic E-state index is -0.402. The average molecular weight is 219 g/mol. The van der Waals surface area contributed by atoms with E-state index >= 15 is 0 Å². The van der Waals surface area contributed by atoms with Crippen LogP contribution < -0.4 is 0 Å². The van der Waals surface area contributed by atoms with Gasteiger partial charge in [0.15, 0.2) is 0 Å². The number of carbonyl (C=O) groups excluding carboxylic acids is 1. The number of ether oxygens (including phenoxy) is 1. The topological polar surface area (TPSA) is 26.3 Å². The summed E-state index contributed by atoms with van der Waals surface area (Å²) in [6.07, 6.45) is -0.402. The van der Waals surface area contributed by atoms with Crippen molar-refractivity contribution < 1.29 is 9.53 Å². The Morgan fingerprint density at radius 2 is 2.46 bits per heavy atom. The lowest BCUT2D eigenvalue weighted by molar-refractivity contribution is 0.0525. The third kappa shape index (κ3) is 2.53. The molecular weight excluding hydrogens is 208 g/mol. The predicted molar refractivity (Wildman–Crippen MR) is 54.7 cm³/mol. The highest BCUT2D eigenvalue weighted by molar-refractivity contribution is 7.12. The Kier molecular flexibility index (Phi) is 3.90. The van der Waals surface area contributed by atoms with Crippen LogP contribution in [0.5, 0.6) is 0 Å². The number of Topliss-reactive ketones (excluding diaryl/α,β-unsaturated/α-hetero) is 1. The quantitative estimate of drug-likeness (QED) is 0.727. The van der Waals surface area contributed by atoms with E-state index in [1.165, 1.54) is 11.3 Å². The van der Waals surface area contributed by atoms with Gasteiger partial charge >= 0.3 is 0 Å². The van der Waals surface area contributed by atoms with E-state index in [1.54, 1.807) is 18.4 Å². The van der Waals surface area contributed by atoms with Crippen molar-refractivity contribution in [1.82, 2.24) is 0 Å². The molecule has 0 aromatic carbocycles. The van der Waals surface area contributed by atoms with Crippen LogP contribution in [-0.2, 0) is 4.74 Å². The molecule has 4 heteroatoms.